The molecule has 0 atom stereocenters. The number of rotatable bonds is 1. The summed E-state index contributed by atoms with van der Waals surface area (Å²) in [5.41, 5.74) is 1.33. The molecule has 1 heterocycles. The van der Waals surface area contributed by atoms with E-state index in [2.05, 4.69) is 6.92 Å². The Morgan fingerprint density at radius 2 is 2.08 bits per heavy atom. The van der Waals surface area contributed by atoms with Gasteiger partial charge in [-0.2, -0.15) is 0 Å². The van der Waals surface area contributed by atoms with Crippen LogP contribution < -0.4 is 5.56 Å². The van der Waals surface area contributed by atoms with Gasteiger partial charge in [-0.25, -0.2) is 0 Å². The summed E-state index contributed by atoms with van der Waals surface area (Å²) in [5.74, 6) is 0. The molecule has 2 heteroatoms. The quantitative estimate of drug-likeness (QED) is 0.617. The molecule has 0 saturated heterocycles. The van der Waals surface area contributed by atoms with E-state index in [9.17, 15) is 4.79 Å². The van der Waals surface area contributed by atoms with Crippen LogP contribution in [0.15, 0.2) is 23.0 Å². The normalized spacial score (nSPS) is 19.2. The fraction of sp³-hybridized carbons (Fsp3) is 0.500. The van der Waals surface area contributed by atoms with E-state index in [1.807, 2.05) is 23.6 Å². The molecule has 0 bridgehead atoms. The largest absolute Gasteiger partial charge is 0.307 e. The lowest BCUT2D eigenvalue weighted by Crippen LogP contribution is -2.29. The first-order chi connectivity index (χ1) is 5.63. The van der Waals surface area contributed by atoms with Gasteiger partial charge < -0.3 is 4.57 Å². The lowest BCUT2D eigenvalue weighted by atomic mass is 10.2. The highest BCUT2D eigenvalue weighted by molar-refractivity contribution is 5.11. The molecule has 0 amide bonds. The minimum atomic E-state index is 0.127. The van der Waals surface area contributed by atoms with Crippen molar-refractivity contribution >= 4 is 0 Å². The standard InChI is InChI=1S/C10H13NO/c1-8-4-3-5-9(12)11(8)10(2)6-7-10/h3-5H,6-7H2,1-2H3. The Morgan fingerprint density at radius 3 is 2.58 bits per heavy atom. The van der Waals surface area contributed by atoms with Gasteiger partial charge in [-0.1, -0.05) is 6.07 Å². The summed E-state index contributed by atoms with van der Waals surface area (Å²) in [5, 5.41) is 0. The Hall–Kier alpha value is -1.05. The predicted octanol–water partition coefficient (Wildman–Crippen LogP) is 1.67. The third-order valence-corrected chi connectivity index (χ3v) is 2.66. The zero-order chi connectivity index (χ0) is 8.77. The average Bonchev–Trinajstić information content (AvgIpc) is 2.68. The summed E-state index contributed by atoms with van der Waals surface area (Å²) in [6, 6.07) is 5.45. The first-order valence-corrected chi connectivity index (χ1v) is 4.33. The van der Waals surface area contributed by atoms with Gasteiger partial charge in [-0.15, -0.1) is 0 Å². The molecule has 0 N–H and O–H groups in total. The second-order valence-corrected chi connectivity index (χ2v) is 3.84. The van der Waals surface area contributed by atoms with Crippen LogP contribution in [0.3, 0.4) is 0 Å². The van der Waals surface area contributed by atoms with Crippen LogP contribution in [0.5, 0.6) is 0 Å². The lowest BCUT2D eigenvalue weighted by Gasteiger charge is -2.15. The minimum absolute atomic E-state index is 0.127. The fourth-order valence-electron chi connectivity index (χ4n) is 1.69. The van der Waals surface area contributed by atoms with Crippen molar-refractivity contribution in [1.82, 2.24) is 4.57 Å². The monoisotopic (exact) mass is 163 g/mol. The van der Waals surface area contributed by atoms with E-state index in [0.29, 0.717) is 0 Å². The number of nitrogens with zero attached hydrogens (tertiary/aromatic N) is 1. The second-order valence-electron chi connectivity index (χ2n) is 3.84. The van der Waals surface area contributed by atoms with Gasteiger partial charge in [0.1, 0.15) is 0 Å². The van der Waals surface area contributed by atoms with E-state index in [1.54, 1.807) is 6.07 Å². The minimum Gasteiger partial charge on any atom is -0.307 e. The van der Waals surface area contributed by atoms with E-state index in [1.165, 1.54) is 0 Å². The molecule has 0 aromatic carbocycles. The van der Waals surface area contributed by atoms with Crippen LogP contribution >= 0.6 is 0 Å². The van der Waals surface area contributed by atoms with E-state index >= 15 is 0 Å². The summed E-state index contributed by atoms with van der Waals surface area (Å²) in [6.45, 7) is 4.13. The van der Waals surface area contributed by atoms with E-state index in [0.717, 1.165) is 18.5 Å². The first-order valence-electron chi connectivity index (χ1n) is 4.33. The van der Waals surface area contributed by atoms with Crippen LogP contribution in [0.2, 0.25) is 0 Å². The third kappa shape index (κ3) is 0.986. The van der Waals surface area contributed by atoms with Gasteiger partial charge in [0.2, 0.25) is 0 Å². The van der Waals surface area contributed by atoms with Gasteiger partial charge in [0, 0.05) is 17.3 Å². The zero-order valence-corrected chi connectivity index (χ0v) is 7.50. The molecule has 2 rings (SSSR count). The summed E-state index contributed by atoms with van der Waals surface area (Å²) < 4.78 is 1.91. The van der Waals surface area contributed by atoms with Crippen LogP contribution in [0.1, 0.15) is 25.5 Å². The van der Waals surface area contributed by atoms with Crippen molar-refractivity contribution in [2.75, 3.05) is 0 Å². The van der Waals surface area contributed by atoms with Gasteiger partial charge >= 0.3 is 0 Å². The van der Waals surface area contributed by atoms with Crippen LogP contribution in [0.25, 0.3) is 0 Å². The van der Waals surface area contributed by atoms with Crippen molar-refractivity contribution in [3.63, 3.8) is 0 Å². The maximum Gasteiger partial charge on any atom is 0.251 e. The molecule has 1 aliphatic carbocycles. The van der Waals surface area contributed by atoms with Gasteiger partial charge in [0.05, 0.1) is 0 Å². The highest BCUT2D eigenvalue weighted by Crippen LogP contribution is 2.42. The van der Waals surface area contributed by atoms with Crippen LogP contribution in [0, 0.1) is 6.92 Å². The van der Waals surface area contributed by atoms with Crippen molar-refractivity contribution < 1.29 is 0 Å². The number of hydrogen-bond acceptors (Lipinski definition) is 1. The Labute approximate surface area is 71.8 Å². The molecule has 0 radical (unpaired) electrons. The third-order valence-electron chi connectivity index (χ3n) is 2.66. The number of pyridine rings is 1. The Balaban J connectivity index is 2.63. The maximum absolute atomic E-state index is 11.5. The van der Waals surface area contributed by atoms with Crippen molar-refractivity contribution in [3.8, 4) is 0 Å². The molecular formula is C10H13NO. The maximum atomic E-state index is 11.5. The van der Waals surface area contributed by atoms with Gasteiger partial charge in [-0.3, -0.25) is 4.79 Å². The second kappa shape index (κ2) is 2.22. The molecular weight excluding hydrogens is 150 g/mol. The van der Waals surface area contributed by atoms with Gasteiger partial charge in [0.15, 0.2) is 0 Å². The molecule has 1 aromatic heterocycles. The smallest absolute Gasteiger partial charge is 0.251 e. The molecule has 64 valence electrons. The fourth-order valence-corrected chi connectivity index (χ4v) is 1.69. The van der Waals surface area contributed by atoms with Crippen LogP contribution in [-0.4, -0.2) is 4.57 Å². The molecule has 0 unspecified atom stereocenters. The Bertz CT molecular complexity index is 360. The van der Waals surface area contributed by atoms with Gasteiger partial charge in [0.25, 0.3) is 5.56 Å². The average molecular weight is 163 g/mol. The number of aromatic nitrogens is 1. The summed E-state index contributed by atoms with van der Waals surface area (Å²) >= 11 is 0. The van der Waals surface area contributed by atoms with Crippen LogP contribution in [0.4, 0.5) is 0 Å². The summed E-state index contributed by atoms with van der Waals surface area (Å²) in [4.78, 5) is 11.5. The van der Waals surface area contributed by atoms with Crippen molar-refractivity contribution in [3.05, 3.63) is 34.2 Å². The van der Waals surface area contributed by atoms with Crippen molar-refractivity contribution in [2.45, 2.75) is 32.2 Å². The SMILES string of the molecule is Cc1cccc(=O)n1C1(C)CC1. The van der Waals surface area contributed by atoms with E-state index in [-0.39, 0.29) is 11.1 Å². The van der Waals surface area contributed by atoms with Crippen molar-refractivity contribution in [1.29, 1.82) is 0 Å². The molecule has 0 spiro atoms. The summed E-state index contributed by atoms with van der Waals surface area (Å²) in [7, 11) is 0. The molecule has 1 aromatic rings. The zero-order valence-electron chi connectivity index (χ0n) is 7.50. The molecule has 1 aliphatic rings. The first kappa shape index (κ1) is 7.59. The Kier molecular flexibility index (Phi) is 1.40. The topological polar surface area (TPSA) is 22.0 Å². The highest BCUT2D eigenvalue weighted by atomic mass is 16.1. The Morgan fingerprint density at radius 1 is 1.42 bits per heavy atom. The number of hydrogen-bond donors (Lipinski definition) is 0. The van der Waals surface area contributed by atoms with E-state index in [4.69, 9.17) is 0 Å². The molecule has 1 fully saturated rings. The van der Waals surface area contributed by atoms with Crippen LogP contribution in [-0.2, 0) is 5.54 Å². The number of aryl methyl sites for hydroxylation is 1. The molecule has 12 heavy (non-hydrogen) atoms. The molecule has 1 saturated carbocycles. The van der Waals surface area contributed by atoms with Crippen molar-refractivity contribution in [2.24, 2.45) is 0 Å². The van der Waals surface area contributed by atoms with Gasteiger partial charge in [-0.05, 0) is 32.8 Å². The van der Waals surface area contributed by atoms with E-state index < -0.39 is 0 Å². The predicted molar refractivity (Wildman–Crippen MR) is 48.3 cm³/mol. The lowest BCUT2D eigenvalue weighted by molar-refractivity contribution is 0.500. The summed E-state index contributed by atoms with van der Waals surface area (Å²) in [6.07, 6.45) is 2.27. The molecule has 0 aliphatic heterocycles. The highest BCUT2D eigenvalue weighted by Gasteiger charge is 2.40. The molecule has 2 nitrogen and oxygen atoms in total.